The first-order chi connectivity index (χ1) is 15.7. The van der Waals surface area contributed by atoms with Crippen molar-refractivity contribution in [3.63, 3.8) is 0 Å². The summed E-state index contributed by atoms with van der Waals surface area (Å²) in [6.07, 6.45) is -2.22. The molecule has 0 bridgehead atoms. The highest BCUT2D eigenvalue weighted by Crippen LogP contribution is 2.20. The number of carbonyl (C=O) groups excluding carboxylic acids is 2. The Labute approximate surface area is 189 Å². The zero-order chi connectivity index (χ0) is 23.8. The molecule has 10 heteroatoms. The molecule has 2 aromatic carbocycles. The van der Waals surface area contributed by atoms with Gasteiger partial charge in [0.15, 0.2) is 0 Å². The van der Waals surface area contributed by atoms with Crippen LogP contribution in [0.5, 0.6) is 0 Å². The number of urea groups is 1. The van der Waals surface area contributed by atoms with Gasteiger partial charge < -0.3 is 21.3 Å². The number of nitrogens with one attached hydrogen (secondary N) is 2. The number of nitrogens with two attached hydrogens (primary N) is 1. The van der Waals surface area contributed by atoms with Crippen LogP contribution in [-0.4, -0.2) is 48.0 Å². The van der Waals surface area contributed by atoms with Gasteiger partial charge in [0.1, 0.15) is 5.84 Å². The van der Waals surface area contributed by atoms with E-state index < -0.39 is 17.9 Å². The normalized spacial score (nSPS) is 17.0. The lowest BCUT2D eigenvalue weighted by molar-refractivity contribution is -0.169. The Morgan fingerprint density at radius 2 is 1.76 bits per heavy atom. The van der Waals surface area contributed by atoms with E-state index in [1.54, 1.807) is 4.90 Å². The maximum atomic E-state index is 12.9. The van der Waals surface area contributed by atoms with Gasteiger partial charge in [0.05, 0.1) is 0 Å². The molecule has 1 unspecified atom stereocenters. The Balaban J connectivity index is 1.57. The number of aliphatic imine (C=N–C) groups is 1. The number of hydrogen-bond donors (Lipinski definition) is 3. The second-order valence-electron chi connectivity index (χ2n) is 7.77. The van der Waals surface area contributed by atoms with Crippen LogP contribution < -0.4 is 16.4 Å². The van der Waals surface area contributed by atoms with E-state index in [4.69, 9.17) is 5.73 Å². The van der Waals surface area contributed by atoms with Crippen LogP contribution in [0.4, 0.5) is 23.7 Å². The Morgan fingerprint density at radius 1 is 1.06 bits per heavy atom. The van der Waals surface area contributed by atoms with E-state index in [9.17, 15) is 22.8 Å². The van der Waals surface area contributed by atoms with Crippen molar-refractivity contribution in [1.82, 2.24) is 10.2 Å². The second kappa shape index (κ2) is 11.0. The van der Waals surface area contributed by atoms with Crippen molar-refractivity contribution in [1.29, 1.82) is 0 Å². The first-order valence-corrected chi connectivity index (χ1v) is 10.6. The van der Waals surface area contributed by atoms with Crippen LogP contribution in [0.25, 0.3) is 0 Å². The maximum Gasteiger partial charge on any atom is 0.473 e. The highest BCUT2D eigenvalue weighted by atomic mass is 19.4. The van der Waals surface area contributed by atoms with Crippen LogP contribution in [-0.2, 0) is 11.3 Å². The summed E-state index contributed by atoms with van der Waals surface area (Å²) in [5, 5.41) is 6.22. The molecule has 1 aliphatic heterocycles. The average Bonchev–Trinajstić information content (AvgIpc) is 2.80. The lowest BCUT2D eigenvalue weighted by atomic mass is 10.0. The lowest BCUT2D eigenvalue weighted by Crippen LogP contribution is -2.50. The summed E-state index contributed by atoms with van der Waals surface area (Å²) >= 11 is 0. The van der Waals surface area contributed by atoms with Gasteiger partial charge in [0.2, 0.25) is 0 Å². The third-order valence-electron chi connectivity index (χ3n) is 5.34. The molecular weight excluding hydrogens is 435 g/mol. The monoisotopic (exact) mass is 461 g/mol. The second-order valence-corrected chi connectivity index (χ2v) is 7.77. The topological polar surface area (TPSA) is 99.8 Å². The molecule has 2 aromatic rings. The van der Waals surface area contributed by atoms with Crippen LogP contribution in [0.2, 0.25) is 0 Å². The summed E-state index contributed by atoms with van der Waals surface area (Å²) in [7, 11) is 0. The van der Waals surface area contributed by atoms with Crippen molar-refractivity contribution in [3.8, 4) is 0 Å². The van der Waals surface area contributed by atoms with Gasteiger partial charge in [-0.3, -0.25) is 4.79 Å². The van der Waals surface area contributed by atoms with Crippen LogP contribution >= 0.6 is 0 Å². The molecule has 0 radical (unpaired) electrons. The summed E-state index contributed by atoms with van der Waals surface area (Å²) in [6.45, 7) is 2.02. The molecule has 176 valence electrons. The summed E-state index contributed by atoms with van der Waals surface area (Å²) < 4.78 is 37.0. The molecule has 0 saturated carbocycles. The van der Waals surface area contributed by atoms with Gasteiger partial charge in [-0.1, -0.05) is 30.3 Å². The number of amidine groups is 1. The summed E-state index contributed by atoms with van der Waals surface area (Å²) in [5.74, 6) is -2.81. The number of benzene rings is 2. The third kappa shape index (κ3) is 7.04. The standard InChI is InChI=1S/C23H26F3N5O2/c24-23(25,26)21(32)30-20(27)17-9-11-18(12-10-17)29-22(33)31-13-5-4-8-19(31)15-28-14-16-6-2-1-3-7-16/h1-3,6-7,9-12,19,28H,4-5,8,13-15H2,(H,29,33)(H2,27,30,32). The molecule has 33 heavy (non-hydrogen) atoms. The smallest absolute Gasteiger partial charge is 0.383 e. The van der Waals surface area contributed by atoms with Crippen LogP contribution in [0.1, 0.15) is 30.4 Å². The molecule has 4 N–H and O–H groups in total. The highest BCUT2D eigenvalue weighted by Gasteiger charge is 2.38. The SMILES string of the molecule is NC(=NC(=O)C(F)(F)F)c1ccc(NC(=O)N2CCCCC2CNCc2ccccc2)cc1. The minimum Gasteiger partial charge on any atom is -0.383 e. The molecular formula is C23H26F3N5O2. The zero-order valence-corrected chi connectivity index (χ0v) is 17.9. The number of likely N-dealkylation sites (tertiary alicyclic amines) is 1. The number of halogens is 3. The minimum atomic E-state index is -5.08. The summed E-state index contributed by atoms with van der Waals surface area (Å²) in [4.78, 5) is 28.5. The van der Waals surface area contributed by atoms with E-state index >= 15 is 0 Å². The molecule has 0 aromatic heterocycles. The fourth-order valence-electron chi connectivity index (χ4n) is 3.62. The highest BCUT2D eigenvalue weighted by molar-refractivity contribution is 6.05. The van der Waals surface area contributed by atoms with Gasteiger partial charge in [0, 0.05) is 36.9 Å². The Hall–Kier alpha value is -3.40. The minimum absolute atomic E-state index is 0.0536. The van der Waals surface area contributed by atoms with E-state index in [0.29, 0.717) is 25.3 Å². The van der Waals surface area contributed by atoms with Crippen LogP contribution in [0, 0.1) is 0 Å². The van der Waals surface area contributed by atoms with Crippen molar-refractivity contribution >= 4 is 23.5 Å². The molecule has 7 nitrogen and oxygen atoms in total. The number of anilines is 1. The number of hydrogen-bond acceptors (Lipinski definition) is 3. The van der Waals surface area contributed by atoms with Gasteiger partial charge in [0.25, 0.3) is 0 Å². The number of piperidine rings is 1. The Bertz CT molecular complexity index is 978. The Morgan fingerprint density at radius 3 is 2.42 bits per heavy atom. The van der Waals surface area contributed by atoms with E-state index in [-0.39, 0.29) is 17.6 Å². The molecule has 1 atom stereocenters. The fraction of sp³-hybridized carbons (Fsp3) is 0.348. The van der Waals surface area contributed by atoms with Gasteiger partial charge in [-0.05, 0) is 49.1 Å². The lowest BCUT2D eigenvalue weighted by Gasteiger charge is -2.36. The molecule has 1 heterocycles. The number of nitrogens with zero attached hydrogens (tertiary/aromatic N) is 2. The van der Waals surface area contributed by atoms with E-state index in [0.717, 1.165) is 19.3 Å². The Kier molecular flexibility index (Phi) is 8.05. The van der Waals surface area contributed by atoms with Crippen LogP contribution in [0.15, 0.2) is 59.6 Å². The quantitative estimate of drug-likeness (QED) is 0.452. The van der Waals surface area contributed by atoms with Crippen molar-refractivity contribution in [2.75, 3.05) is 18.4 Å². The molecule has 1 saturated heterocycles. The number of carbonyl (C=O) groups is 2. The molecule has 1 fully saturated rings. The predicted molar refractivity (Wildman–Crippen MR) is 120 cm³/mol. The molecule has 3 rings (SSSR count). The number of rotatable bonds is 6. The first kappa shape index (κ1) is 24.2. The molecule has 0 spiro atoms. The largest absolute Gasteiger partial charge is 0.473 e. The number of amides is 3. The summed E-state index contributed by atoms with van der Waals surface area (Å²) in [6, 6.07) is 15.6. The third-order valence-corrected chi connectivity index (χ3v) is 5.34. The fourth-order valence-corrected chi connectivity index (χ4v) is 3.62. The molecule has 3 amide bonds. The predicted octanol–water partition coefficient (Wildman–Crippen LogP) is 3.66. The number of alkyl halides is 3. The van der Waals surface area contributed by atoms with E-state index in [1.807, 2.05) is 30.3 Å². The van der Waals surface area contributed by atoms with Gasteiger partial charge in [-0.15, -0.1) is 0 Å². The first-order valence-electron chi connectivity index (χ1n) is 10.6. The molecule has 1 aliphatic rings. The van der Waals surface area contributed by atoms with E-state index in [2.05, 4.69) is 15.6 Å². The average molecular weight is 461 g/mol. The van der Waals surface area contributed by atoms with Crippen molar-refractivity contribution in [2.24, 2.45) is 10.7 Å². The van der Waals surface area contributed by atoms with Crippen molar-refractivity contribution in [2.45, 2.75) is 38.0 Å². The van der Waals surface area contributed by atoms with Crippen LogP contribution in [0.3, 0.4) is 0 Å². The van der Waals surface area contributed by atoms with Gasteiger partial charge in [-0.2, -0.15) is 18.2 Å². The zero-order valence-electron chi connectivity index (χ0n) is 17.9. The van der Waals surface area contributed by atoms with Crippen molar-refractivity contribution in [3.05, 3.63) is 65.7 Å². The van der Waals surface area contributed by atoms with Crippen molar-refractivity contribution < 1.29 is 22.8 Å². The maximum absolute atomic E-state index is 12.9. The molecule has 0 aliphatic carbocycles. The van der Waals surface area contributed by atoms with Gasteiger partial charge in [-0.25, -0.2) is 4.79 Å². The summed E-state index contributed by atoms with van der Waals surface area (Å²) in [5.41, 5.74) is 7.27. The van der Waals surface area contributed by atoms with Gasteiger partial charge >= 0.3 is 18.1 Å². The van der Waals surface area contributed by atoms with E-state index in [1.165, 1.54) is 29.8 Å².